The minimum Gasteiger partial charge on any atom is -0.309 e. The first-order valence-electron chi connectivity index (χ1n) is 30.7. The Morgan fingerprint density at radius 2 is 0.643 bits per heavy atom. The van der Waals surface area contributed by atoms with Crippen LogP contribution in [0.1, 0.15) is 158 Å². The summed E-state index contributed by atoms with van der Waals surface area (Å²) >= 11 is 0. The molecule has 0 atom stereocenters. The van der Waals surface area contributed by atoms with Gasteiger partial charge >= 0.3 is 0 Å². The largest absolute Gasteiger partial charge is 0.309 e. The number of hydrogen-bond acceptors (Lipinski definition) is 1. The molecular weight excluding hydrogens is 1010 g/mol. The lowest BCUT2D eigenvalue weighted by Crippen LogP contribution is -2.17. The molecule has 84 heavy (non-hydrogen) atoms. The normalized spacial score (nSPS) is 13.1. The molecule has 1 aromatic heterocycles. The second kappa shape index (κ2) is 19.8. The van der Waals surface area contributed by atoms with Gasteiger partial charge in [-0.1, -0.05) is 270 Å². The molecule has 0 amide bonds. The number of benzene rings is 11. The van der Waals surface area contributed by atoms with Crippen molar-refractivity contribution >= 4 is 71.2 Å². The smallest absolute Gasteiger partial charge is 0.0541 e. The summed E-state index contributed by atoms with van der Waals surface area (Å²) < 4.78 is 2.54. The molecule has 0 bridgehead atoms. The third-order valence-electron chi connectivity index (χ3n) is 18.1. The Labute approximate surface area is 501 Å². The Hall–Kier alpha value is -7.94. The summed E-state index contributed by atoms with van der Waals surface area (Å²) in [6.07, 6.45) is 0. The topological polar surface area (TPSA) is 8.17 Å². The van der Waals surface area contributed by atoms with Crippen molar-refractivity contribution in [2.24, 2.45) is 0 Å². The van der Waals surface area contributed by atoms with Gasteiger partial charge in [0, 0.05) is 32.7 Å². The van der Waals surface area contributed by atoms with E-state index in [9.17, 15) is 0 Å². The van der Waals surface area contributed by atoms with E-state index in [0.717, 1.165) is 17.1 Å². The number of hydrogen-bond donors (Lipinski definition) is 0. The summed E-state index contributed by atoms with van der Waals surface area (Å²) in [5.41, 5.74) is 22.3. The summed E-state index contributed by atoms with van der Waals surface area (Å²) in [5.74, 6) is 0. The van der Waals surface area contributed by atoms with E-state index in [0.29, 0.717) is 0 Å². The van der Waals surface area contributed by atoms with Crippen molar-refractivity contribution in [2.75, 3.05) is 4.90 Å². The number of nitrogens with zero attached hydrogens (tertiary/aromatic N) is 2. The molecule has 12 rings (SSSR count). The zero-order valence-electron chi connectivity index (χ0n) is 53.4. The molecule has 1 heterocycles. The van der Waals surface area contributed by atoms with Crippen molar-refractivity contribution in [3.8, 4) is 39.1 Å². The van der Waals surface area contributed by atoms with Gasteiger partial charge in [0.25, 0.3) is 0 Å². The molecule has 0 saturated carbocycles. The van der Waals surface area contributed by atoms with Gasteiger partial charge in [0.15, 0.2) is 0 Å². The predicted molar refractivity (Wildman–Crippen MR) is 368 cm³/mol. The molecule has 0 unspecified atom stereocenters. The van der Waals surface area contributed by atoms with Crippen LogP contribution in [0.3, 0.4) is 0 Å². The molecular formula is C82H86N2. The van der Waals surface area contributed by atoms with E-state index in [4.69, 9.17) is 0 Å². The third kappa shape index (κ3) is 10.1. The van der Waals surface area contributed by atoms with E-state index in [2.05, 4.69) is 328 Å². The molecule has 2 heteroatoms. The molecule has 0 aliphatic rings. The van der Waals surface area contributed by atoms with E-state index in [1.165, 1.54) is 127 Å². The Bertz CT molecular complexity index is 4380. The van der Waals surface area contributed by atoms with Crippen molar-refractivity contribution in [3.05, 3.63) is 228 Å². The maximum Gasteiger partial charge on any atom is 0.0541 e. The first-order chi connectivity index (χ1) is 39.4. The predicted octanol–water partition coefficient (Wildman–Crippen LogP) is 23.9. The lowest BCUT2D eigenvalue weighted by atomic mass is 9.78. The molecule has 11 aromatic carbocycles. The van der Waals surface area contributed by atoms with Crippen LogP contribution in [0, 0.1) is 0 Å². The van der Waals surface area contributed by atoms with Crippen molar-refractivity contribution in [3.63, 3.8) is 0 Å². The minimum absolute atomic E-state index is 0.0101. The average molecular weight is 1100 g/mol. The molecule has 2 nitrogen and oxygen atoms in total. The van der Waals surface area contributed by atoms with Gasteiger partial charge in [-0.2, -0.15) is 0 Å². The molecule has 12 aromatic rings. The van der Waals surface area contributed by atoms with Crippen molar-refractivity contribution < 1.29 is 0 Å². The standard InChI is InChI=1S/C82H86N2/c1-77(2,3)57-35-41-73-67(49-57)68-50-58(78(4,5)6)36-42-74(68)84(73)72-40-34-54-31-37-65-71(39-33-53-32-38-66(72)76(54)75(53)65)83(70-26-22-20-24-64(70)56-45-61(81(13,14)15)48-62(46-56)82(16,17)18)69-25-21-19-23-63(69)52-29-27-51(28-30-52)55-43-59(79(7,8)9)47-60(44-55)80(10,11)12/h19-50H,1-18H3. The number of fused-ring (bicyclic) bond motifs is 3. The minimum atomic E-state index is -0.0549. The zero-order chi connectivity index (χ0) is 59.8. The van der Waals surface area contributed by atoms with E-state index in [1.54, 1.807) is 0 Å². The van der Waals surface area contributed by atoms with Crippen LogP contribution in [-0.2, 0) is 32.5 Å². The summed E-state index contributed by atoms with van der Waals surface area (Å²) in [7, 11) is 0. The second-order valence-corrected chi connectivity index (χ2v) is 30.4. The summed E-state index contributed by atoms with van der Waals surface area (Å²) in [6.45, 7) is 41.9. The van der Waals surface area contributed by atoms with E-state index in [-0.39, 0.29) is 32.5 Å². The van der Waals surface area contributed by atoms with Gasteiger partial charge in [0.1, 0.15) is 0 Å². The molecule has 0 spiro atoms. The van der Waals surface area contributed by atoms with Crippen molar-refractivity contribution in [1.29, 1.82) is 0 Å². The van der Waals surface area contributed by atoms with E-state index >= 15 is 0 Å². The third-order valence-corrected chi connectivity index (χ3v) is 18.1. The fraction of sp³-hybridized carbons (Fsp3) is 0.293. The highest BCUT2D eigenvalue weighted by Gasteiger charge is 2.29. The van der Waals surface area contributed by atoms with Crippen LogP contribution in [0.25, 0.3) is 93.2 Å². The maximum atomic E-state index is 2.58. The first kappa shape index (κ1) is 56.5. The molecule has 0 aliphatic carbocycles. The fourth-order valence-electron chi connectivity index (χ4n) is 12.7. The van der Waals surface area contributed by atoms with Gasteiger partial charge in [-0.25, -0.2) is 0 Å². The van der Waals surface area contributed by atoms with Gasteiger partial charge < -0.3 is 9.47 Å². The first-order valence-corrected chi connectivity index (χ1v) is 30.7. The van der Waals surface area contributed by atoms with Crippen LogP contribution in [0.4, 0.5) is 17.1 Å². The molecule has 0 saturated heterocycles. The molecule has 0 fully saturated rings. The molecule has 424 valence electrons. The Morgan fingerprint density at radius 3 is 1.11 bits per heavy atom. The van der Waals surface area contributed by atoms with E-state index in [1.807, 2.05) is 0 Å². The van der Waals surface area contributed by atoms with Gasteiger partial charge in [-0.3, -0.25) is 0 Å². The Kier molecular flexibility index (Phi) is 13.4. The summed E-state index contributed by atoms with van der Waals surface area (Å²) in [4.78, 5) is 2.58. The SMILES string of the molecule is CC(C)(C)c1cc(-c2ccc(-c3ccccc3N(c3ccccc3-c3cc(C(C)(C)C)cc(C(C)(C)C)c3)c3ccc4ccc5c(-n6c7ccc(C(C)(C)C)cc7c7cc(C(C)(C)C)ccc76)ccc6ccc3c4c65)cc2)cc(C(C)(C)C)c1. The van der Waals surface area contributed by atoms with Gasteiger partial charge in [-0.05, 0) is 158 Å². The second-order valence-electron chi connectivity index (χ2n) is 30.4. The van der Waals surface area contributed by atoms with Crippen molar-refractivity contribution in [1.82, 2.24) is 4.57 Å². The zero-order valence-corrected chi connectivity index (χ0v) is 53.4. The van der Waals surface area contributed by atoms with Crippen LogP contribution in [0.5, 0.6) is 0 Å². The van der Waals surface area contributed by atoms with Crippen LogP contribution in [0.15, 0.2) is 194 Å². The van der Waals surface area contributed by atoms with E-state index < -0.39 is 0 Å². The summed E-state index contributed by atoms with van der Waals surface area (Å²) in [5, 5.41) is 10.1. The van der Waals surface area contributed by atoms with Crippen LogP contribution in [-0.4, -0.2) is 4.57 Å². The number of para-hydroxylation sites is 2. The lowest BCUT2D eigenvalue weighted by Gasteiger charge is -2.32. The Balaban J connectivity index is 1.11. The van der Waals surface area contributed by atoms with Crippen molar-refractivity contribution in [2.45, 2.75) is 157 Å². The van der Waals surface area contributed by atoms with Gasteiger partial charge in [-0.15, -0.1) is 0 Å². The highest BCUT2D eigenvalue weighted by atomic mass is 15.1. The molecule has 0 N–H and O–H groups in total. The fourth-order valence-corrected chi connectivity index (χ4v) is 12.7. The highest BCUT2D eigenvalue weighted by molar-refractivity contribution is 6.28. The Morgan fingerprint density at radius 1 is 0.262 bits per heavy atom. The van der Waals surface area contributed by atoms with Crippen LogP contribution < -0.4 is 4.90 Å². The maximum absolute atomic E-state index is 2.58. The monoisotopic (exact) mass is 1100 g/mol. The summed E-state index contributed by atoms with van der Waals surface area (Å²) in [6, 6.07) is 75.5. The van der Waals surface area contributed by atoms with Gasteiger partial charge in [0.05, 0.1) is 33.8 Å². The molecule has 0 radical (unpaired) electrons. The molecule has 0 aliphatic heterocycles. The number of rotatable bonds is 7. The number of anilines is 3. The number of aromatic nitrogens is 1. The van der Waals surface area contributed by atoms with Gasteiger partial charge in [0.2, 0.25) is 0 Å². The lowest BCUT2D eigenvalue weighted by molar-refractivity contribution is 0.568. The van der Waals surface area contributed by atoms with Crippen LogP contribution in [0.2, 0.25) is 0 Å². The average Bonchev–Trinajstić information content (AvgIpc) is 1.34. The highest BCUT2D eigenvalue weighted by Crippen LogP contribution is 2.51. The quantitative estimate of drug-likeness (QED) is 0.144. The van der Waals surface area contributed by atoms with Crippen LogP contribution >= 0.6 is 0 Å².